The fourth-order valence-corrected chi connectivity index (χ4v) is 5.64. The SMILES string of the molecule is O=C1/C(=C\CP(=O)(c2ccccc2)c2ccccc2)CC(O)C[C@@H]1O. The standard InChI is InChI=1S/C20H21O4P/c21-16-13-15(20(23)19(22)14-16)11-12-25(24,17-7-3-1-4-8-17)18-9-5-2-6-10-18/h1-11,16,19,21-22H,12-14H2/b15-11-/t16?,19-/m0/s1. The molecule has 1 aliphatic rings. The summed E-state index contributed by atoms with van der Waals surface area (Å²) in [7, 11) is -2.95. The van der Waals surface area contributed by atoms with Crippen LogP contribution in [0.4, 0.5) is 0 Å². The van der Waals surface area contributed by atoms with Gasteiger partial charge in [-0.15, -0.1) is 0 Å². The fourth-order valence-electron chi connectivity index (χ4n) is 3.14. The first-order valence-electron chi connectivity index (χ1n) is 8.30. The molecule has 1 unspecified atom stereocenters. The van der Waals surface area contributed by atoms with E-state index in [9.17, 15) is 19.6 Å². The first-order chi connectivity index (χ1) is 12.0. The quantitative estimate of drug-likeness (QED) is 0.649. The zero-order valence-corrected chi connectivity index (χ0v) is 14.7. The number of Topliss-reactive ketones (excluding diaryl/α,β-unsaturated/α-hetero) is 1. The summed E-state index contributed by atoms with van der Waals surface area (Å²) >= 11 is 0. The molecule has 0 heterocycles. The van der Waals surface area contributed by atoms with E-state index >= 15 is 0 Å². The highest BCUT2D eigenvalue weighted by Gasteiger charge is 2.31. The molecule has 2 atom stereocenters. The lowest BCUT2D eigenvalue weighted by molar-refractivity contribution is -0.127. The summed E-state index contributed by atoms with van der Waals surface area (Å²) in [4.78, 5) is 12.1. The Morgan fingerprint density at radius 2 is 1.48 bits per heavy atom. The van der Waals surface area contributed by atoms with Crippen LogP contribution in [-0.4, -0.2) is 34.4 Å². The molecule has 0 spiro atoms. The van der Waals surface area contributed by atoms with Gasteiger partial charge in [-0.25, -0.2) is 0 Å². The number of rotatable bonds is 4. The summed E-state index contributed by atoms with van der Waals surface area (Å²) in [6.07, 6.45) is 0.149. The zero-order valence-electron chi connectivity index (χ0n) is 13.8. The van der Waals surface area contributed by atoms with Crippen molar-refractivity contribution in [1.29, 1.82) is 0 Å². The predicted octanol–water partition coefficient (Wildman–Crippen LogP) is 2.01. The third kappa shape index (κ3) is 3.82. The van der Waals surface area contributed by atoms with Crippen LogP contribution in [0, 0.1) is 0 Å². The van der Waals surface area contributed by atoms with Gasteiger partial charge in [-0.05, 0) is 5.57 Å². The molecule has 0 bridgehead atoms. The zero-order chi connectivity index (χ0) is 17.9. The van der Waals surface area contributed by atoms with Crippen molar-refractivity contribution in [3.05, 3.63) is 72.3 Å². The molecule has 3 rings (SSSR count). The van der Waals surface area contributed by atoms with Crippen LogP contribution in [0.2, 0.25) is 0 Å². The Kier molecular flexibility index (Phi) is 5.33. The minimum Gasteiger partial charge on any atom is -0.393 e. The van der Waals surface area contributed by atoms with Crippen molar-refractivity contribution < 1.29 is 19.6 Å². The molecule has 2 aromatic rings. The number of aliphatic hydroxyl groups excluding tert-OH is 2. The second-order valence-corrected chi connectivity index (χ2v) is 9.17. The first-order valence-corrected chi connectivity index (χ1v) is 10.2. The van der Waals surface area contributed by atoms with Gasteiger partial charge in [0.15, 0.2) is 5.78 Å². The van der Waals surface area contributed by atoms with E-state index in [1.54, 1.807) is 6.08 Å². The molecule has 5 heteroatoms. The van der Waals surface area contributed by atoms with E-state index in [1.165, 1.54) is 0 Å². The molecule has 0 aliphatic heterocycles. The average Bonchev–Trinajstić information content (AvgIpc) is 2.64. The van der Waals surface area contributed by atoms with Crippen LogP contribution in [0.25, 0.3) is 0 Å². The number of ketones is 1. The number of hydrogen-bond acceptors (Lipinski definition) is 4. The fraction of sp³-hybridized carbons (Fsp3) is 0.250. The molecule has 4 nitrogen and oxygen atoms in total. The lowest BCUT2D eigenvalue weighted by Gasteiger charge is -2.24. The Morgan fingerprint density at radius 1 is 0.960 bits per heavy atom. The molecular weight excluding hydrogens is 335 g/mol. The van der Waals surface area contributed by atoms with Crippen LogP contribution in [0.5, 0.6) is 0 Å². The molecule has 0 saturated heterocycles. The van der Waals surface area contributed by atoms with E-state index in [1.807, 2.05) is 60.7 Å². The summed E-state index contributed by atoms with van der Waals surface area (Å²) in [5, 5.41) is 21.0. The van der Waals surface area contributed by atoms with E-state index in [0.29, 0.717) is 5.57 Å². The maximum Gasteiger partial charge on any atom is 0.187 e. The molecule has 1 saturated carbocycles. The van der Waals surface area contributed by atoms with Crippen molar-refractivity contribution in [2.24, 2.45) is 0 Å². The van der Waals surface area contributed by atoms with Gasteiger partial charge in [-0.2, -0.15) is 0 Å². The highest BCUT2D eigenvalue weighted by molar-refractivity contribution is 7.78. The van der Waals surface area contributed by atoms with E-state index in [2.05, 4.69) is 0 Å². The number of benzene rings is 2. The van der Waals surface area contributed by atoms with Crippen molar-refractivity contribution in [3.63, 3.8) is 0 Å². The maximum atomic E-state index is 13.8. The molecule has 1 fully saturated rings. The lowest BCUT2D eigenvalue weighted by Crippen LogP contribution is -2.34. The van der Waals surface area contributed by atoms with Crippen LogP contribution in [-0.2, 0) is 9.36 Å². The topological polar surface area (TPSA) is 74.6 Å². The van der Waals surface area contributed by atoms with Crippen LogP contribution in [0.15, 0.2) is 72.3 Å². The average molecular weight is 356 g/mol. The van der Waals surface area contributed by atoms with Gasteiger partial charge in [-0.1, -0.05) is 66.7 Å². The van der Waals surface area contributed by atoms with Crippen molar-refractivity contribution >= 4 is 23.5 Å². The van der Waals surface area contributed by atoms with Crippen molar-refractivity contribution in [1.82, 2.24) is 0 Å². The van der Waals surface area contributed by atoms with E-state index in [0.717, 1.165) is 10.6 Å². The molecule has 0 radical (unpaired) electrons. The number of hydrogen-bond donors (Lipinski definition) is 2. The molecule has 0 aromatic heterocycles. The number of carbonyl (C=O) groups is 1. The normalized spacial score (nSPS) is 23.0. The Morgan fingerprint density at radius 3 is 2.00 bits per heavy atom. The predicted molar refractivity (Wildman–Crippen MR) is 99.0 cm³/mol. The second-order valence-electron chi connectivity index (χ2n) is 6.30. The summed E-state index contributed by atoms with van der Waals surface area (Å²) in [5.74, 6) is -0.377. The number of carbonyl (C=O) groups excluding carboxylic acids is 1. The Labute approximate surface area is 147 Å². The first kappa shape index (κ1) is 17.8. The van der Waals surface area contributed by atoms with Crippen LogP contribution in [0.1, 0.15) is 12.8 Å². The van der Waals surface area contributed by atoms with Gasteiger partial charge in [0.1, 0.15) is 13.2 Å². The highest BCUT2D eigenvalue weighted by Crippen LogP contribution is 2.43. The van der Waals surface area contributed by atoms with E-state index in [4.69, 9.17) is 0 Å². The number of aliphatic hydroxyl groups is 2. The van der Waals surface area contributed by atoms with Crippen LogP contribution in [0.3, 0.4) is 0 Å². The van der Waals surface area contributed by atoms with Gasteiger partial charge >= 0.3 is 0 Å². The molecular formula is C20H21O4P. The van der Waals surface area contributed by atoms with Crippen molar-refractivity contribution in [3.8, 4) is 0 Å². The Hall–Kier alpha value is -2.00. The van der Waals surface area contributed by atoms with Gasteiger partial charge in [0, 0.05) is 29.6 Å². The summed E-state index contributed by atoms with van der Waals surface area (Å²) in [5.41, 5.74) is 0.360. The van der Waals surface area contributed by atoms with Gasteiger partial charge in [0.2, 0.25) is 0 Å². The second kappa shape index (κ2) is 7.49. The van der Waals surface area contributed by atoms with E-state index in [-0.39, 0.29) is 24.8 Å². The third-order valence-corrected chi connectivity index (χ3v) is 7.47. The largest absolute Gasteiger partial charge is 0.393 e. The molecule has 2 aromatic carbocycles. The molecule has 130 valence electrons. The minimum absolute atomic E-state index is 0.0607. The van der Waals surface area contributed by atoms with Crippen molar-refractivity contribution in [2.45, 2.75) is 25.0 Å². The maximum absolute atomic E-state index is 13.8. The van der Waals surface area contributed by atoms with Crippen molar-refractivity contribution in [2.75, 3.05) is 6.16 Å². The molecule has 25 heavy (non-hydrogen) atoms. The molecule has 0 amide bonds. The smallest absolute Gasteiger partial charge is 0.187 e. The van der Waals surface area contributed by atoms with Gasteiger partial charge in [0.05, 0.1) is 6.10 Å². The molecule has 1 aliphatic carbocycles. The Balaban J connectivity index is 1.98. The highest BCUT2D eigenvalue weighted by atomic mass is 31.2. The third-order valence-electron chi connectivity index (χ3n) is 4.51. The number of allylic oxidation sites excluding steroid dienone is 1. The van der Waals surface area contributed by atoms with Gasteiger partial charge in [-0.3, -0.25) is 4.79 Å². The molecule has 2 N–H and O–H groups in total. The van der Waals surface area contributed by atoms with Gasteiger partial charge < -0.3 is 14.8 Å². The van der Waals surface area contributed by atoms with Gasteiger partial charge in [0.25, 0.3) is 0 Å². The van der Waals surface area contributed by atoms with Crippen LogP contribution < -0.4 is 10.6 Å². The summed E-state index contributed by atoms with van der Waals surface area (Å²) in [6, 6.07) is 18.4. The summed E-state index contributed by atoms with van der Waals surface area (Å²) in [6.45, 7) is 0. The monoisotopic (exact) mass is 356 g/mol. The Bertz CT molecular complexity index is 771. The lowest BCUT2D eigenvalue weighted by atomic mass is 9.89. The summed E-state index contributed by atoms with van der Waals surface area (Å²) < 4.78 is 13.8. The van der Waals surface area contributed by atoms with Crippen LogP contribution >= 0.6 is 7.14 Å². The minimum atomic E-state index is -2.95. The van der Waals surface area contributed by atoms with E-state index < -0.39 is 19.3 Å².